The van der Waals surface area contributed by atoms with Crippen molar-refractivity contribution in [2.45, 2.75) is 13.5 Å². The van der Waals surface area contributed by atoms with Crippen LogP contribution in [0.15, 0.2) is 95.1 Å². The lowest BCUT2D eigenvalue weighted by atomic mass is 10.0. The van der Waals surface area contributed by atoms with Gasteiger partial charge in [-0.2, -0.15) is 0 Å². The number of hydrogen-bond donors (Lipinski definition) is 0. The molecule has 0 spiro atoms. The molecule has 28 heavy (non-hydrogen) atoms. The van der Waals surface area contributed by atoms with E-state index in [0.29, 0.717) is 0 Å². The predicted molar refractivity (Wildman–Crippen MR) is 118 cm³/mol. The molecule has 0 saturated carbocycles. The monoisotopic (exact) mass is 367 g/mol. The number of fused-ring (bicyclic) bond motifs is 1. The molecule has 0 aliphatic heterocycles. The Morgan fingerprint density at radius 1 is 0.857 bits per heavy atom. The fourth-order valence-corrected chi connectivity index (χ4v) is 3.66. The third kappa shape index (κ3) is 4.24. The molecule has 1 heterocycles. The molecule has 0 unspecified atom stereocenters. The van der Waals surface area contributed by atoms with Crippen LogP contribution in [-0.2, 0) is 6.54 Å². The highest BCUT2D eigenvalue weighted by Crippen LogP contribution is 2.23. The lowest BCUT2D eigenvalue weighted by Gasteiger charge is -2.16. The number of benzene rings is 3. The van der Waals surface area contributed by atoms with Gasteiger partial charge in [-0.3, -0.25) is 4.90 Å². The van der Waals surface area contributed by atoms with Crippen molar-refractivity contribution >= 4 is 17.0 Å². The summed E-state index contributed by atoms with van der Waals surface area (Å²) in [5.74, 6) is 0. The zero-order valence-electron chi connectivity index (χ0n) is 16.4. The molecule has 0 radical (unpaired) electrons. The summed E-state index contributed by atoms with van der Waals surface area (Å²) in [5, 5.41) is 1.20. The Kier molecular flexibility index (Phi) is 5.41. The number of likely N-dealkylation sites (N-methyl/N-ethyl adjacent to an activating group) is 1. The van der Waals surface area contributed by atoms with Gasteiger partial charge in [0.15, 0.2) is 0 Å². The minimum atomic E-state index is 0.870. The van der Waals surface area contributed by atoms with Crippen molar-refractivity contribution in [3.05, 3.63) is 102 Å². The lowest BCUT2D eigenvalue weighted by Crippen LogP contribution is -2.19. The highest BCUT2D eigenvalue weighted by molar-refractivity contribution is 5.80. The highest BCUT2D eigenvalue weighted by atomic mass is 16.3. The van der Waals surface area contributed by atoms with E-state index in [1.54, 1.807) is 0 Å². The van der Waals surface area contributed by atoms with E-state index in [9.17, 15) is 0 Å². The molecule has 0 bridgehead atoms. The van der Waals surface area contributed by atoms with E-state index >= 15 is 0 Å². The van der Waals surface area contributed by atoms with E-state index in [1.165, 1.54) is 33.2 Å². The fourth-order valence-electron chi connectivity index (χ4n) is 3.66. The summed E-state index contributed by atoms with van der Waals surface area (Å²) in [7, 11) is 2.15. The first-order valence-electron chi connectivity index (χ1n) is 9.65. The molecule has 0 fully saturated rings. The minimum absolute atomic E-state index is 0.870. The van der Waals surface area contributed by atoms with E-state index in [0.717, 1.165) is 18.7 Å². The first-order chi connectivity index (χ1) is 13.7. The van der Waals surface area contributed by atoms with Gasteiger partial charge in [0.05, 0.1) is 6.26 Å². The van der Waals surface area contributed by atoms with Crippen LogP contribution in [-0.4, -0.2) is 18.5 Å². The van der Waals surface area contributed by atoms with Gasteiger partial charge in [-0.05, 0) is 36.7 Å². The number of para-hydroxylation sites is 1. The maximum Gasteiger partial charge on any atom is 0.134 e. The molecule has 140 valence electrons. The van der Waals surface area contributed by atoms with E-state index in [2.05, 4.69) is 85.6 Å². The summed E-state index contributed by atoms with van der Waals surface area (Å²) in [4.78, 5) is 2.32. The third-order valence-corrected chi connectivity index (χ3v) is 4.95. The van der Waals surface area contributed by atoms with Crippen LogP contribution < -0.4 is 0 Å². The van der Waals surface area contributed by atoms with E-state index in [1.807, 2.05) is 24.5 Å². The Balaban J connectivity index is 1.41. The lowest BCUT2D eigenvalue weighted by molar-refractivity contribution is 0.355. The van der Waals surface area contributed by atoms with Crippen LogP contribution in [0.1, 0.15) is 18.1 Å². The largest absolute Gasteiger partial charge is 0.464 e. The van der Waals surface area contributed by atoms with Crippen molar-refractivity contribution in [2.75, 3.05) is 13.6 Å². The molecule has 2 nitrogen and oxygen atoms in total. The van der Waals surface area contributed by atoms with Crippen LogP contribution in [0.5, 0.6) is 0 Å². The second kappa shape index (κ2) is 8.28. The number of nitrogens with zero attached hydrogens (tertiary/aromatic N) is 1. The van der Waals surface area contributed by atoms with Crippen LogP contribution >= 0.6 is 0 Å². The fraction of sp³-hybridized carbons (Fsp3) is 0.154. The zero-order valence-corrected chi connectivity index (χ0v) is 16.4. The minimum Gasteiger partial charge on any atom is -0.464 e. The summed E-state index contributed by atoms with van der Waals surface area (Å²) in [5.41, 5.74) is 7.26. The Bertz CT molecular complexity index is 1070. The molecule has 4 rings (SSSR count). The van der Waals surface area contributed by atoms with Gasteiger partial charge in [0.2, 0.25) is 0 Å². The van der Waals surface area contributed by atoms with Crippen LogP contribution in [0.4, 0.5) is 0 Å². The van der Waals surface area contributed by atoms with Gasteiger partial charge in [-0.15, -0.1) is 0 Å². The molecule has 0 N–H and O–H groups in total. The quantitative estimate of drug-likeness (QED) is 0.380. The van der Waals surface area contributed by atoms with Gasteiger partial charge in [-0.1, -0.05) is 84.4 Å². The van der Waals surface area contributed by atoms with E-state index < -0.39 is 0 Å². The third-order valence-electron chi connectivity index (χ3n) is 4.95. The second-order valence-electron chi connectivity index (χ2n) is 7.41. The maximum absolute atomic E-state index is 5.66. The van der Waals surface area contributed by atoms with Gasteiger partial charge in [0.1, 0.15) is 5.58 Å². The molecule has 0 aliphatic carbocycles. The van der Waals surface area contributed by atoms with Crippen molar-refractivity contribution in [3.63, 3.8) is 0 Å². The van der Waals surface area contributed by atoms with E-state index in [4.69, 9.17) is 4.42 Å². The summed E-state index contributed by atoms with van der Waals surface area (Å²) in [6.45, 7) is 3.98. The molecule has 4 aromatic rings. The number of hydrogen-bond acceptors (Lipinski definition) is 2. The van der Waals surface area contributed by atoms with Crippen LogP contribution in [0.25, 0.3) is 28.2 Å². The molecule has 1 aromatic heterocycles. The van der Waals surface area contributed by atoms with Crippen molar-refractivity contribution in [1.29, 1.82) is 0 Å². The first-order valence-corrected chi connectivity index (χ1v) is 9.65. The Hall–Kier alpha value is -3.10. The molecule has 2 heteroatoms. The van der Waals surface area contributed by atoms with Crippen molar-refractivity contribution in [3.8, 4) is 11.1 Å². The van der Waals surface area contributed by atoms with Gasteiger partial charge in [0.25, 0.3) is 0 Å². The summed E-state index contributed by atoms with van der Waals surface area (Å²) in [6, 6.07) is 27.5. The SMILES string of the molecule is C/C(=C\c1ccc(-c2ccccc2)cc1)CN(C)Cc1coc2ccccc12. The average Bonchev–Trinajstić information content (AvgIpc) is 3.12. The standard InChI is InChI=1S/C26H25NO/c1-20(16-21-12-14-23(15-13-21)22-8-4-3-5-9-22)17-27(2)18-24-19-28-26-11-7-6-10-25(24)26/h3-16,19H,17-18H2,1-2H3/b20-16+. The number of rotatable bonds is 6. The van der Waals surface area contributed by atoms with Gasteiger partial charge in [-0.25, -0.2) is 0 Å². The summed E-state index contributed by atoms with van der Waals surface area (Å²) in [6.07, 6.45) is 4.14. The summed E-state index contributed by atoms with van der Waals surface area (Å²) < 4.78 is 5.66. The first kappa shape index (κ1) is 18.3. The molecule has 3 aromatic carbocycles. The molecular weight excluding hydrogens is 342 g/mol. The van der Waals surface area contributed by atoms with E-state index in [-0.39, 0.29) is 0 Å². The highest BCUT2D eigenvalue weighted by Gasteiger charge is 2.08. The topological polar surface area (TPSA) is 16.4 Å². The van der Waals surface area contributed by atoms with Crippen LogP contribution in [0.3, 0.4) is 0 Å². The summed E-state index contributed by atoms with van der Waals surface area (Å²) >= 11 is 0. The Morgan fingerprint density at radius 3 is 2.32 bits per heavy atom. The average molecular weight is 367 g/mol. The number of furan rings is 1. The zero-order chi connectivity index (χ0) is 19.3. The van der Waals surface area contributed by atoms with Gasteiger partial charge >= 0.3 is 0 Å². The van der Waals surface area contributed by atoms with Crippen molar-refractivity contribution in [1.82, 2.24) is 4.90 Å². The Morgan fingerprint density at radius 2 is 1.54 bits per heavy atom. The van der Waals surface area contributed by atoms with Gasteiger partial charge < -0.3 is 4.42 Å². The normalized spacial score (nSPS) is 12.0. The second-order valence-corrected chi connectivity index (χ2v) is 7.41. The molecule has 0 amide bonds. The Labute approximate surface area is 166 Å². The van der Waals surface area contributed by atoms with Crippen LogP contribution in [0.2, 0.25) is 0 Å². The van der Waals surface area contributed by atoms with Crippen LogP contribution in [0, 0.1) is 0 Å². The molecular formula is C26H25NO. The van der Waals surface area contributed by atoms with Crippen molar-refractivity contribution in [2.24, 2.45) is 0 Å². The molecule has 0 saturated heterocycles. The predicted octanol–water partition coefficient (Wildman–Crippen LogP) is 6.64. The molecule has 0 aliphatic rings. The molecule has 0 atom stereocenters. The van der Waals surface area contributed by atoms with Crippen molar-refractivity contribution < 1.29 is 4.42 Å². The van der Waals surface area contributed by atoms with Gasteiger partial charge in [0, 0.05) is 24.0 Å². The smallest absolute Gasteiger partial charge is 0.134 e. The maximum atomic E-state index is 5.66.